The monoisotopic (exact) mass is 474 g/mol. The molecule has 32 heavy (non-hydrogen) atoms. The zero-order valence-corrected chi connectivity index (χ0v) is 19.8. The second kappa shape index (κ2) is 9.11. The molecule has 3 heterocycles. The maximum atomic E-state index is 12.8. The summed E-state index contributed by atoms with van der Waals surface area (Å²) in [6.07, 6.45) is 3.46. The highest BCUT2D eigenvalue weighted by molar-refractivity contribution is 7.91. The number of nitrogens with zero attached hydrogens (tertiary/aromatic N) is 3. The van der Waals surface area contributed by atoms with Crippen LogP contribution in [0.1, 0.15) is 25.0 Å². The van der Waals surface area contributed by atoms with Crippen molar-refractivity contribution in [3.63, 3.8) is 0 Å². The van der Waals surface area contributed by atoms with E-state index in [9.17, 15) is 13.2 Å². The first-order valence-electron chi connectivity index (χ1n) is 10.7. The van der Waals surface area contributed by atoms with Crippen molar-refractivity contribution in [3.05, 3.63) is 53.3 Å². The second-order valence-electron chi connectivity index (χ2n) is 8.31. The third kappa shape index (κ3) is 4.91. The number of pyridine rings is 1. The Morgan fingerprint density at radius 3 is 2.69 bits per heavy atom. The zero-order chi connectivity index (χ0) is 22.9. The third-order valence-corrected chi connectivity index (χ3v) is 8.00. The highest BCUT2D eigenvalue weighted by Crippen LogP contribution is 2.25. The van der Waals surface area contributed by atoms with Crippen LogP contribution in [-0.4, -0.2) is 61.1 Å². The molecule has 1 N–H and O–H groups in total. The Kier molecular flexibility index (Phi) is 6.44. The molecule has 9 heteroatoms. The quantitative estimate of drug-likeness (QED) is 0.587. The van der Waals surface area contributed by atoms with E-state index in [2.05, 4.69) is 20.9 Å². The summed E-state index contributed by atoms with van der Waals surface area (Å²) in [5.41, 5.74) is 2.79. The van der Waals surface area contributed by atoms with Gasteiger partial charge in [0.05, 0.1) is 5.75 Å². The average molecular weight is 475 g/mol. The fraction of sp³-hybridized carbons (Fsp3) is 0.391. The van der Waals surface area contributed by atoms with Gasteiger partial charge in [0.2, 0.25) is 5.91 Å². The Bertz CT molecular complexity index is 1230. The first kappa shape index (κ1) is 22.6. The maximum absolute atomic E-state index is 12.8. The molecule has 1 saturated heterocycles. The Balaban J connectivity index is 1.33. The van der Waals surface area contributed by atoms with E-state index < -0.39 is 9.84 Å². The number of benzene rings is 1. The molecule has 2 aromatic heterocycles. The number of piperidine rings is 1. The normalized spacial score (nSPS) is 15.3. The number of H-pyrrole nitrogens is 1. The molecule has 7 nitrogen and oxygen atoms in total. The first-order valence-corrected chi connectivity index (χ1v) is 12.7. The number of fused-ring (bicyclic) bond motifs is 1. The number of aryl methyl sites for hydroxylation is 1. The molecule has 0 spiro atoms. The molecule has 0 unspecified atom stereocenters. The summed E-state index contributed by atoms with van der Waals surface area (Å²) in [6.45, 7) is 3.67. The lowest BCUT2D eigenvalue weighted by molar-refractivity contribution is -0.131. The molecule has 0 aliphatic carbocycles. The molecule has 0 radical (unpaired) electrons. The van der Waals surface area contributed by atoms with E-state index in [0.29, 0.717) is 10.5 Å². The summed E-state index contributed by atoms with van der Waals surface area (Å²) in [5, 5.41) is 1.42. The molecule has 0 atom stereocenters. The Labute approximate surface area is 193 Å². The lowest BCUT2D eigenvalue weighted by Gasteiger charge is -2.38. The summed E-state index contributed by atoms with van der Waals surface area (Å²) >= 11 is 5.98. The zero-order valence-electron chi connectivity index (χ0n) is 18.2. The van der Waals surface area contributed by atoms with E-state index in [1.54, 1.807) is 36.2 Å². The van der Waals surface area contributed by atoms with Gasteiger partial charge in [0, 0.05) is 66.1 Å². The molecule has 1 aliphatic rings. The van der Waals surface area contributed by atoms with Gasteiger partial charge in [0.25, 0.3) is 0 Å². The lowest BCUT2D eigenvalue weighted by Crippen LogP contribution is -2.46. The number of carbonyl (C=O) groups excluding carboxylic acids is 1. The van der Waals surface area contributed by atoms with E-state index in [4.69, 9.17) is 11.6 Å². The van der Waals surface area contributed by atoms with Crippen LogP contribution in [0.3, 0.4) is 0 Å². The minimum absolute atomic E-state index is 0.0429. The van der Waals surface area contributed by atoms with Gasteiger partial charge in [-0.05, 0) is 50.1 Å². The summed E-state index contributed by atoms with van der Waals surface area (Å²) < 4.78 is 25.5. The smallest absolute Gasteiger partial charge is 0.223 e. The number of carbonyl (C=O) groups is 1. The topological polar surface area (TPSA) is 86.4 Å². The van der Waals surface area contributed by atoms with Gasteiger partial charge in [0.15, 0.2) is 9.84 Å². The van der Waals surface area contributed by atoms with Crippen LogP contribution in [-0.2, 0) is 14.6 Å². The Hall–Kier alpha value is -2.58. The van der Waals surface area contributed by atoms with Crippen molar-refractivity contribution < 1.29 is 13.2 Å². The van der Waals surface area contributed by atoms with Gasteiger partial charge in [-0.25, -0.2) is 8.42 Å². The van der Waals surface area contributed by atoms with Crippen LogP contribution in [0, 0.1) is 6.92 Å². The number of aromatic amines is 1. The van der Waals surface area contributed by atoms with Gasteiger partial charge >= 0.3 is 0 Å². The molecule has 3 aromatic rings. The molecule has 1 amide bonds. The standard InChI is InChI=1S/C23H27ClN4O3S/c1-16-13-20(5-9-25-16)28-10-6-19(7-11-28)27(2)23(29)8-12-32(30,31)22-14-17-3-4-18(24)15-21(17)26-22/h3-5,9,13-15,19,26H,6-8,10-12H2,1-2H3. The van der Waals surface area contributed by atoms with Crippen molar-refractivity contribution in [1.82, 2.24) is 14.9 Å². The average Bonchev–Trinajstić information content (AvgIpc) is 3.21. The molecule has 1 fully saturated rings. The minimum atomic E-state index is -3.60. The van der Waals surface area contributed by atoms with E-state index >= 15 is 0 Å². The SMILES string of the molecule is Cc1cc(N2CCC(N(C)C(=O)CCS(=O)(=O)c3cc4ccc(Cl)cc4[nH]3)CC2)ccn1. The number of amides is 1. The number of aromatic nitrogens is 2. The number of anilines is 1. The number of rotatable bonds is 6. The van der Waals surface area contributed by atoms with Gasteiger partial charge < -0.3 is 14.8 Å². The molecule has 4 rings (SSSR count). The number of hydrogen-bond donors (Lipinski definition) is 1. The van der Waals surface area contributed by atoms with Gasteiger partial charge in [-0.15, -0.1) is 0 Å². The minimum Gasteiger partial charge on any atom is -0.371 e. The van der Waals surface area contributed by atoms with Crippen LogP contribution < -0.4 is 4.90 Å². The fourth-order valence-corrected chi connectivity index (χ4v) is 5.60. The van der Waals surface area contributed by atoms with E-state index in [1.165, 1.54) is 0 Å². The van der Waals surface area contributed by atoms with Gasteiger partial charge in [-0.2, -0.15) is 0 Å². The van der Waals surface area contributed by atoms with Crippen molar-refractivity contribution in [1.29, 1.82) is 0 Å². The molecule has 170 valence electrons. The van der Waals surface area contributed by atoms with Crippen LogP contribution >= 0.6 is 11.6 Å². The highest BCUT2D eigenvalue weighted by Gasteiger charge is 2.27. The van der Waals surface area contributed by atoms with E-state index in [-0.39, 0.29) is 29.1 Å². The Morgan fingerprint density at radius 1 is 1.22 bits per heavy atom. The van der Waals surface area contributed by atoms with Crippen LogP contribution in [0.15, 0.2) is 47.6 Å². The summed E-state index contributed by atoms with van der Waals surface area (Å²) in [6, 6.07) is 10.9. The maximum Gasteiger partial charge on any atom is 0.223 e. The number of sulfone groups is 1. The molecule has 1 aromatic carbocycles. The van der Waals surface area contributed by atoms with Crippen LogP contribution in [0.2, 0.25) is 5.02 Å². The predicted molar refractivity (Wildman–Crippen MR) is 127 cm³/mol. The molecule has 0 saturated carbocycles. The number of nitrogens with one attached hydrogen (secondary N) is 1. The lowest BCUT2D eigenvalue weighted by atomic mass is 10.0. The molecular formula is C23H27ClN4O3S. The van der Waals surface area contributed by atoms with Gasteiger partial charge in [-0.1, -0.05) is 17.7 Å². The van der Waals surface area contributed by atoms with Crippen LogP contribution in [0.5, 0.6) is 0 Å². The largest absolute Gasteiger partial charge is 0.371 e. The van der Waals surface area contributed by atoms with E-state index in [1.807, 2.05) is 19.2 Å². The summed E-state index contributed by atoms with van der Waals surface area (Å²) in [5.74, 6) is -0.378. The van der Waals surface area contributed by atoms with Crippen molar-refractivity contribution in [2.24, 2.45) is 0 Å². The summed E-state index contributed by atoms with van der Waals surface area (Å²) in [4.78, 5) is 23.9. The van der Waals surface area contributed by atoms with Crippen LogP contribution in [0.4, 0.5) is 5.69 Å². The van der Waals surface area contributed by atoms with Crippen molar-refractivity contribution in [3.8, 4) is 0 Å². The first-order chi connectivity index (χ1) is 15.2. The second-order valence-corrected chi connectivity index (χ2v) is 10.8. The van der Waals surface area contributed by atoms with Gasteiger partial charge in [-0.3, -0.25) is 9.78 Å². The van der Waals surface area contributed by atoms with E-state index in [0.717, 1.165) is 42.7 Å². The third-order valence-electron chi connectivity index (χ3n) is 6.13. The van der Waals surface area contributed by atoms with Crippen molar-refractivity contribution in [2.75, 3.05) is 30.8 Å². The Morgan fingerprint density at radius 2 is 1.97 bits per heavy atom. The molecule has 0 bridgehead atoms. The van der Waals surface area contributed by atoms with Crippen molar-refractivity contribution in [2.45, 2.75) is 37.3 Å². The van der Waals surface area contributed by atoms with Crippen molar-refractivity contribution >= 4 is 43.9 Å². The summed E-state index contributed by atoms with van der Waals surface area (Å²) in [7, 11) is -1.83. The molecule has 1 aliphatic heterocycles. The fourth-order valence-electron chi connectivity index (χ4n) is 4.19. The highest BCUT2D eigenvalue weighted by atomic mass is 35.5. The predicted octanol–water partition coefficient (Wildman–Crippen LogP) is 3.82. The van der Waals surface area contributed by atoms with Crippen LogP contribution in [0.25, 0.3) is 10.9 Å². The van der Waals surface area contributed by atoms with Gasteiger partial charge in [0.1, 0.15) is 5.03 Å². The number of hydrogen-bond acceptors (Lipinski definition) is 5. The number of halogens is 1. The molecular weight excluding hydrogens is 448 g/mol.